The maximum Gasteiger partial charge on any atom is 1.00 e. The molecule has 0 fully saturated rings. The molecule has 0 amide bonds. The topological polar surface area (TPSA) is 30.0 Å². The molecule has 2 rings (SSSR count). The Morgan fingerprint density at radius 1 is 0.833 bits per heavy atom. The van der Waals surface area contributed by atoms with Crippen molar-refractivity contribution in [3.8, 4) is 0 Å². The van der Waals surface area contributed by atoms with Crippen molar-refractivity contribution in [2.75, 3.05) is 12.9 Å². The van der Waals surface area contributed by atoms with Crippen LogP contribution in [0, 0.1) is 17.5 Å². The molecule has 0 aliphatic carbocycles. The van der Waals surface area contributed by atoms with Gasteiger partial charge in [0, 0.05) is 0 Å². The molecule has 30 heavy (non-hydrogen) atoms. The molecule has 0 spiro atoms. The minimum atomic E-state index is -4.84. The SMILES string of the molecule is CCSc1c(F)cccc1C(F)(F)F.Fc1cccc(C(F)(F)F)c1F.[2H]CF.[Na+].[OH-]. The van der Waals surface area contributed by atoms with Gasteiger partial charge in [-0.1, -0.05) is 19.1 Å². The molecule has 0 radical (unpaired) electrons. The third-order valence-corrected chi connectivity index (χ3v) is 3.81. The molecule has 0 unspecified atom stereocenters. The Morgan fingerprint density at radius 2 is 1.23 bits per heavy atom. The van der Waals surface area contributed by atoms with E-state index in [1.807, 2.05) is 0 Å². The zero-order valence-corrected chi connectivity index (χ0v) is 18.3. The molecule has 0 aliphatic rings. The second-order valence-electron chi connectivity index (χ2n) is 4.65. The van der Waals surface area contributed by atoms with Crippen LogP contribution in [-0.2, 0) is 12.4 Å². The molecular formula is C17H15F10NaOS. The van der Waals surface area contributed by atoms with Crippen molar-refractivity contribution in [2.45, 2.75) is 24.2 Å². The third-order valence-electron chi connectivity index (χ3n) is 2.82. The van der Waals surface area contributed by atoms with Crippen LogP contribution in [0.4, 0.5) is 43.9 Å². The molecule has 2 aromatic rings. The van der Waals surface area contributed by atoms with Crippen molar-refractivity contribution >= 4 is 11.8 Å². The van der Waals surface area contributed by atoms with Gasteiger partial charge in [-0.3, -0.25) is 4.39 Å². The Balaban J connectivity index is -0.000000427. The van der Waals surface area contributed by atoms with E-state index in [0.717, 1.165) is 36.0 Å². The summed E-state index contributed by atoms with van der Waals surface area (Å²) in [6, 6.07) is 4.91. The first-order valence-corrected chi connectivity index (χ1v) is 8.14. The molecule has 1 nitrogen and oxygen atoms in total. The smallest absolute Gasteiger partial charge is 0.870 e. The van der Waals surface area contributed by atoms with Crippen LogP contribution in [0.25, 0.3) is 0 Å². The van der Waals surface area contributed by atoms with E-state index in [1.54, 1.807) is 6.92 Å². The number of hydrogen-bond donors (Lipinski definition) is 0. The van der Waals surface area contributed by atoms with E-state index in [1.165, 1.54) is 0 Å². The van der Waals surface area contributed by atoms with Gasteiger partial charge in [0.1, 0.15) is 5.82 Å². The summed E-state index contributed by atoms with van der Waals surface area (Å²) >= 11 is 0.860. The molecule has 0 saturated heterocycles. The van der Waals surface area contributed by atoms with Gasteiger partial charge in [-0.2, -0.15) is 26.3 Å². The van der Waals surface area contributed by atoms with E-state index in [9.17, 15) is 43.9 Å². The monoisotopic (exact) mass is 481 g/mol. The first-order valence-electron chi connectivity index (χ1n) is 7.86. The average molecular weight is 481 g/mol. The first-order chi connectivity index (χ1) is 13.3. The second kappa shape index (κ2) is 15.0. The van der Waals surface area contributed by atoms with E-state index in [-0.39, 0.29) is 39.9 Å². The number of rotatable bonds is 2. The predicted molar refractivity (Wildman–Crippen MR) is 88.1 cm³/mol. The van der Waals surface area contributed by atoms with Crippen LogP contribution in [0.2, 0.25) is 0 Å². The fraction of sp³-hybridized carbons (Fsp3) is 0.294. The standard InChI is InChI=1S/C9H8F4S.C7H3F5.CH3F.Na.H2O/c1-2-14-8-6(9(11,12)13)4-3-5-7(8)10;8-5-3-1-2-4(6(5)9)7(10,11)12;1-2;;/h3-5H,2H2,1H3;1-3H;1H3;;1H2/q;;;+1;/p-1/i;;1D;;. The quantitative estimate of drug-likeness (QED) is 0.363. The fourth-order valence-corrected chi connectivity index (χ4v) is 2.58. The maximum absolute atomic E-state index is 13.0. The summed E-state index contributed by atoms with van der Waals surface area (Å²) in [6.07, 6.45) is -9.33. The summed E-state index contributed by atoms with van der Waals surface area (Å²) in [5.41, 5.74) is -2.48. The van der Waals surface area contributed by atoms with E-state index in [2.05, 4.69) is 0 Å². The number of halogens is 10. The second-order valence-corrected chi connectivity index (χ2v) is 5.92. The van der Waals surface area contributed by atoms with Crippen molar-refractivity contribution in [3.05, 3.63) is 65.0 Å². The van der Waals surface area contributed by atoms with Crippen molar-refractivity contribution in [3.63, 3.8) is 0 Å². The molecule has 2 aromatic carbocycles. The molecule has 13 heteroatoms. The van der Waals surface area contributed by atoms with Crippen LogP contribution >= 0.6 is 11.8 Å². The van der Waals surface area contributed by atoms with Gasteiger partial charge < -0.3 is 5.48 Å². The number of thioether (sulfide) groups is 1. The minimum Gasteiger partial charge on any atom is -0.870 e. The first kappa shape index (κ1) is 31.2. The fourth-order valence-electron chi connectivity index (χ4n) is 1.75. The summed E-state index contributed by atoms with van der Waals surface area (Å²) in [4.78, 5) is -0.317. The number of benzene rings is 2. The number of alkyl halides is 7. The van der Waals surface area contributed by atoms with E-state index >= 15 is 0 Å². The van der Waals surface area contributed by atoms with Gasteiger partial charge in [0.2, 0.25) is 0 Å². The largest absolute Gasteiger partial charge is 1.00 e. The van der Waals surface area contributed by atoms with Gasteiger partial charge in [-0.15, -0.1) is 11.8 Å². The molecule has 0 atom stereocenters. The van der Waals surface area contributed by atoms with Crippen LogP contribution in [0.3, 0.4) is 0 Å². The normalized spacial score (nSPS) is 10.8. The third kappa shape index (κ3) is 10.4. The average Bonchev–Trinajstić information content (AvgIpc) is 2.58. The molecule has 0 bridgehead atoms. The summed E-state index contributed by atoms with van der Waals surface area (Å²) < 4.78 is 126. The van der Waals surface area contributed by atoms with Crippen LogP contribution in [0.1, 0.15) is 19.4 Å². The van der Waals surface area contributed by atoms with Crippen molar-refractivity contribution in [1.82, 2.24) is 0 Å². The van der Waals surface area contributed by atoms with Crippen LogP contribution < -0.4 is 29.6 Å². The number of hydrogen-bond acceptors (Lipinski definition) is 2. The van der Waals surface area contributed by atoms with Gasteiger partial charge >= 0.3 is 41.9 Å². The molecule has 166 valence electrons. The molecular weight excluding hydrogens is 465 g/mol. The van der Waals surface area contributed by atoms with Crippen molar-refractivity contribution < 1.29 is 80.3 Å². The predicted octanol–water partition coefficient (Wildman–Crippen LogP) is 4.35. The van der Waals surface area contributed by atoms with Crippen molar-refractivity contribution in [2.24, 2.45) is 0 Å². The Labute approximate surface area is 193 Å². The summed E-state index contributed by atoms with van der Waals surface area (Å²) in [7, 11) is -1.00. The van der Waals surface area contributed by atoms with Crippen LogP contribution in [-0.4, -0.2) is 18.4 Å². The summed E-state index contributed by atoms with van der Waals surface area (Å²) in [5, 5.41) is 0. The van der Waals surface area contributed by atoms with Gasteiger partial charge in [0.05, 0.1) is 24.5 Å². The Bertz CT molecular complexity index is 772. The Hall–Kier alpha value is -0.950. The van der Waals surface area contributed by atoms with Gasteiger partial charge in [0.15, 0.2) is 11.6 Å². The summed E-state index contributed by atoms with van der Waals surface area (Å²) in [5.74, 6) is -3.76. The van der Waals surface area contributed by atoms with Crippen LogP contribution in [0.5, 0.6) is 0 Å². The zero-order chi connectivity index (χ0) is 22.8. The molecule has 1 N–H and O–H groups in total. The van der Waals surface area contributed by atoms with E-state index in [0.29, 0.717) is 17.9 Å². The molecule has 0 aromatic heterocycles. The minimum absolute atomic E-state index is 0. The molecule has 0 heterocycles. The van der Waals surface area contributed by atoms with Crippen LogP contribution in [0.15, 0.2) is 41.3 Å². The van der Waals surface area contributed by atoms with Crippen molar-refractivity contribution in [1.29, 1.82) is 0 Å². The van der Waals surface area contributed by atoms with Gasteiger partial charge in [-0.25, -0.2) is 13.2 Å². The van der Waals surface area contributed by atoms with E-state index < -0.39 is 48.1 Å². The Morgan fingerprint density at radius 3 is 1.60 bits per heavy atom. The summed E-state index contributed by atoms with van der Waals surface area (Å²) in [6.45, 7) is 1.68. The molecule has 0 aliphatic heterocycles. The van der Waals surface area contributed by atoms with Gasteiger partial charge in [0.25, 0.3) is 0 Å². The zero-order valence-electron chi connectivity index (χ0n) is 16.5. The van der Waals surface area contributed by atoms with E-state index in [4.69, 9.17) is 1.37 Å². The van der Waals surface area contributed by atoms with Gasteiger partial charge in [-0.05, 0) is 30.0 Å². The molecule has 0 saturated carbocycles. The maximum atomic E-state index is 13.0. The Kier molecular flexibility index (Phi) is 15.6.